The second-order valence-electron chi connectivity index (χ2n) is 2.88. The van der Waals surface area contributed by atoms with Gasteiger partial charge in [-0.05, 0) is 25.0 Å². The van der Waals surface area contributed by atoms with Crippen LogP contribution in [0.3, 0.4) is 0 Å². The van der Waals surface area contributed by atoms with E-state index in [4.69, 9.17) is 0 Å². The maximum Gasteiger partial charge on any atom is 0.122 e. The summed E-state index contributed by atoms with van der Waals surface area (Å²) in [5, 5.41) is 7.67. The minimum Gasteiger partial charge on any atom is -0.302 e. The average Bonchev–Trinajstić information content (AvgIpc) is 2.44. The Morgan fingerprint density at radius 1 is 1.42 bits per heavy atom. The van der Waals surface area contributed by atoms with E-state index in [1.54, 1.807) is 12.5 Å². The van der Waals surface area contributed by atoms with Crippen molar-refractivity contribution in [2.24, 2.45) is 0 Å². The van der Waals surface area contributed by atoms with Crippen molar-refractivity contribution in [3.63, 3.8) is 0 Å². The third kappa shape index (κ3) is 0.897. The predicted octanol–water partition coefficient (Wildman–Crippen LogP) is 1.60. The van der Waals surface area contributed by atoms with Crippen LogP contribution in [0.5, 0.6) is 0 Å². The molecule has 0 aromatic carbocycles. The molecule has 0 amide bonds. The molecule has 0 fully saturated rings. The van der Waals surface area contributed by atoms with Gasteiger partial charge in [-0.2, -0.15) is 5.10 Å². The minimum atomic E-state index is 1.06. The van der Waals surface area contributed by atoms with Gasteiger partial charge in [-0.1, -0.05) is 6.92 Å². The van der Waals surface area contributed by atoms with Crippen LogP contribution in [-0.4, -0.2) is 14.6 Å². The maximum absolute atomic E-state index is 3.83. The van der Waals surface area contributed by atoms with Crippen LogP contribution in [0.15, 0.2) is 18.6 Å². The quantitative estimate of drug-likeness (QED) is 0.636. The molecule has 0 saturated carbocycles. The lowest BCUT2D eigenvalue weighted by Crippen LogP contribution is -1.91. The highest BCUT2D eigenvalue weighted by molar-refractivity contribution is 5.50. The molecule has 0 unspecified atom stereocenters. The van der Waals surface area contributed by atoms with Gasteiger partial charge in [0.1, 0.15) is 6.33 Å². The summed E-state index contributed by atoms with van der Waals surface area (Å²) in [6.45, 7) is 4.26. The lowest BCUT2D eigenvalue weighted by molar-refractivity contribution is 0.923. The Labute approximate surface area is 71.1 Å². The molecule has 0 aliphatic carbocycles. The van der Waals surface area contributed by atoms with E-state index in [2.05, 4.69) is 34.5 Å². The van der Waals surface area contributed by atoms with Gasteiger partial charge < -0.3 is 4.40 Å². The summed E-state index contributed by atoms with van der Waals surface area (Å²) >= 11 is 0. The molecule has 0 N–H and O–H groups in total. The number of hydrogen-bond donors (Lipinski definition) is 0. The molecule has 2 rings (SSSR count). The maximum atomic E-state index is 3.83. The second-order valence-corrected chi connectivity index (χ2v) is 2.88. The smallest absolute Gasteiger partial charge is 0.122 e. The van der Waals surface area contributed by atoms with Crippen molar-refractivity contribution in [1.82, 2.24) is 14.6 Å². The molecule has 2 aromatic heterocycles. The van der Waals surface area contributed by atoms with E-state index in [0.717, 1.165) is 11.9 Å². The highest BCUT2D eigenvalue weighted by atomic mass is 15.1. The van der Waals surface area contributed by atoms with Crippen LogP contribution in [0.4, 0.5) is 0 Å². The van der Waals surface area contributed by atoms with E-state index in [9.17, 15) is 0 Å². The number of nitrogens with zero attached hydrogens (tertiary/aromatic N) is 3. The summed E-state index contributed by atoms with van der Waals surface area (Å²) in [5.74, 6) is 0. The fourth-order valence-electron chi connectivity index (χ4n) is 1.49. The topological polar surface area (TPSA) is 30.2 Å². The molecule has 0 bridgehead atoms. The Morgan fingerprint density at radius 3 is 2.92 bits per heavy atom. The van der Waals surface area contributed by atoms with Gasteiger partial charge in [0.15, 0.2) is 0 Å². The normalized spacial score (nSPS) is 10.8. The third-order valence-corrected chi connectivity index (χ3v) is 2.23. The van der Waals surface area contributed by atoms with Gasteiger partial charge in [-0.3, -0.25) is 0 Å². The standard InChI is InChI=1S/C9H11N3/c1-3-8-4-9-5-10-11-6-12(9)7(8)2/h4-6H,3H2,1-2H3. The zero-order chi connectivity index (χ0) is 8.55. The first-order valence-corrected chi connectivity index (χ1v) is 4.10. The van der Waals surface area contributed by atoms with Gasteiger partial charge in [0.25, 0.3) is 0 Å². The molecule has 0 atom stereocenters. The summed E-state index contributed by atoms with van der Waals surface area (Å²) in [4.78, 5) is 0. The summed E-state index contributed by atoms with van der Waals surface area (Å²) < 4.78 is 2.06. The molecule has 0 aliphatic rings. The summed E-state index contributed by atoms with van der Waals surface area (Å²) in [6, 6.07) is 2.16. The van der Waals surface area contributed by atoms with Crippen molar-refractivity contribution in [2.45, 2.75) is 20.3 Å². The molecule has 12 heavy (non-hydrogen) atoms. The Balaban J connectivity index is 2.78. The fourth-order valence-corrected chi connectivity index (χ4v) is 1.49. The molecule has 2 heterocycles. The molecule has 0 saturated heterocycles. The van der Waals surface area contributed by atoms with E-state index in [1.807, 2.05) is 0 Å². The second kappa shape index (κ2) is 2.59. The zero-order valence-corrected chi connectivity index (χ0v) is 7.28. The van der Waals surface area contributed by atoms with Gasteiger partial charge in [0.05, 0.1) is 11.7 Å². The molecule has 0 radical (unpaired) electrons. The van der Waals surface area contributed by atoms with Gasteiger partial charge >= 0.3 is 0 Å². The van der Waals surface area contributed by atoms with E-state index in [1.165, 1.54) is 11.3 Å². The molecule has 0 aliphatic heterocycles. The molecule has 62 valence electrons. The molecule has 0 spiro atoms. The number of rotatable bonds is 1. The van der Waals surface area contributed by atoms with Crippen LogP contribution in [-0.2, 0) is 6.42 Å². The summed E-state index contributed by atoms with van der Waals surface area (Å²) in [5.41, 5.74) is 3.76. The Hall–Kier alpha value is -1.38. The first-order valence-electron chi connectivity index (χ1n) is 4.10. The Kier molecular flexibility index (Phi) is 1.57. The highest BCUT2D eigenvalue weighted by Gasteiger charge is 2.02. The van der Waals surface area contributed by atoms with Crippen molar-refractivity contribution in [3.8, 4) is 0 Å². The van der Waals surface area contributed by atoms with E-state index in [0.29, 0.717) is 0 Å². The lowest BCUT2D eigenvalue weighted by atomic mass is 10.2. The van der Waals surface area contributed by atoms with E-state index < -0.39 is 0 Å². The lowest BCUT2D eigenvalue weighted by Gasteiger charge is -1.95. The average molecular weight is 161 g/mol. The third-order valence-electron chi connectivity index (χ3n) is 2.23. The largest absolute Gasteiger partial charge is 0.302 e. The van der Waals surface area contributed by atoms with Gasteiger partial charge in [0.2, 0.25) is 0 Å². The monoisotopic (exact) mass is 161 g/mol. The predicted molar refractivity (Wildman–Crippen MR) is 47.1 cm³/mol. The van der Waals surface area contributed by atoms with Crippen molar-refractivity contribution >= 4 is 5.52 Å². The van der Waals surface area contributed by atoms with Crippen LogP contribution in [0, 0.1) is 6.92 Å². The molecular formula is C9H11N3. The van der Waals surface area contributed by atoms with Crippen molar-refractivity contribution in [1.29, 1.82) is 0 Å². The van der Waals surface area contributed by atoms with Gasteiger partial charge in [0, 0.05) is 5.69 Å². The Bertz CT molecular complexity index is 403. The van der Waals surface area contributed by atoms with E-state index in [-0.39, 0.29) is 0 Å². The number of aromatic nitrogens is 3. The van der Waals surface area contributed by atoms with Crippen molar-refractivity contribution in [3.05, 3.63) is 29.8 Å². The highest BCUT2D eigenvalue weighted by Crippen LogP contribution is 2.14. The SMILES string of the molecule is CCc1cc2cnncn2c1C. The first-order chi connectivity index (χ1) is 5.83. The molecule has 3 nitrogen and oxygen atoms in total. The van der Waals surface area contributed by atoms with Gasteiger partial charge in [-0.25, -0.2) is 0 Å². The zero-order valence-electron chi connectivity index (χ0n) is 7.28. The molecule has 2 aromatic rings. The number of fused-ring (bicyclic) bond motifs is 1. The number of aryl methyl sites for hydroxylation is 2. The summed E-state index contributed by atoms with van der Waals surface area (Å²) in [6.07, 6.45) is 4.60. The molecular weight excluding hydrogens is 150 g/mol. The van der Waals surface area contributed by atoms with Crippen LogP contribution in [0.2, 0.25) is 0 Å². The van der Waals surface area contributed by atoms with Crippen LogP contribution in [0.25, 0.3) is 5.52 Å². The van der Waals surface area contributed by atoms with Crippen molar-refractivity contribution in [2.75, 3.05) is 0 Å². The minimum absolute atomic E-state index is 1.06. The van der Waals surface area contributed by atoms with Crippen LogP contribution in [0.1, 0.15) is 18.2 Å². The van der Waals surface area contributed by atoms with Crippen LogP contribution >= 0.6 is 0 Å². The number of hydrogen-bond acceptors (Lipinski definition) is 2. The van der Waals surface area contributed by atoms with Crippen molar-refractivity contribution < 1.29 is 0 Å². The molecule has 3 heteroatoms. The van der Waals surface area contributed by atoms with Crippen LogP contribution < -0.4 is 0 Å². The van der Waals surface area contributed by atoms with E-state index >= 15 is 0 Å². The Morgan fingerprint density at radius 2 is 2.25 bits per heavy atom. The van der Waals surface area contributed by atoms with Gasteiger partial charge in [-0.15, -0.1) is 5.10 Å². The fraction of sp³-hybridized carbons (Fsp3) is 0.333. The first kappa shape index (κ1) is 7.28. The summed E-state index contributed by atoms with van der Waals surface area (Å²) in [7, 11) is 0.